The Morgan fingerprint density at radius 3 is 2.67 bits per heavy atom. The van der Waals surface area contributed by atoms with E-state index >= 15 is 0 Å². The number of nitrogens with zero attached hydrogens (tertiary/aromatic N) is 1. The van der Waals surface area contributed by atoms with Crippen LogP contribution in [0.25, 0.3) is 0 Å². The van der Waals surface area contributed by atoms with Crippen LogP contribution >= 0.6 is 23.2 Å². The summed E-state index contributed by atoms with van der Waals surface area (Å²) in [6.07, 6.45) is -2.44. The lowest BCUT2D eigenvalue weighted by atomic mass is 10.2. The zero-order valence-corrected chi connectivity index (χ0v) is 10.4. The summed E-state index contributed by atoms with van der Waals surface area (Å²) in [5.74, 6) is 0. The molecule has 18 heavy (non-hydrogen) atoms. The summed E-state index contributed by atoms with van der Waals surface area (Å²) in [5.41, 5.74) is -1.35. The minimum atomic E-state index is -1.81. The van der Waals surface area contributed by atoms with Crippen LogP contribution in [0.5, 0.6) is 0 Å². The third kappa shape index (κ3) is 2.08. The van der Waals surface area contributed by atoms with E-state index in [2.05, 4.69) is 0 Å². The normalized spacial score (nSPS) is 30.6. The molecule has 0 spiro atoms. The summed E-state index contributed by atoms with van der Waals surface area (Å²) in [6.45, 7) is -0.503. The van der Waals surface area contributed by atoms with Gasteiger partial charge in [0.05, 0.1) is 6.61 Å². The SMILES string of the molecule is O=c1ccn([C@@H]2O[C@H](CO)[C@H](O)C2(Cl)Cl)c(=O)[nH]1. The van der Waals surface area contributed by atoms with E-state index in [0.717, 1.165) is 16.8 Å². The van der Waals surface area contributed by atoms with E-state index in [1.165, 1.54) is 0 Å². The second kappa shape index (κ2) is 4.67. The first-order chi connectivity index (χ1) is 8.37. The van der Waals surface area contributed by atoms with Gasteiger partial charge in [-0.3, -0.25) is 14.3 Å². The van der Waals surface area contributed by atoms with Crippen molar-refractivity contribution in [3.05, 3.63) is 33.1 Å². The van der Waals surface area contributed by atoms with Crippen molar-refractivity contribution in [3.8, 4) is 0 Å². The molecule has 2 rings (SSSR count). The molecule has 2 heterocycles. The maximum Gasteiger partial charge on any atom is 0.330 e. The van der Waals surface area contributed by atoms with Gasteiger partial charge in [0.25, 0.3) is 5.56 Å². The highest BCUT2D eigenvalue weighted by Crippen LogP contribution is 2.45. The number of H-pyrrole nitrogens is 1. The average Bonchev–Trinajstić information content (AvgIpc) is 2.52. The Kier molecular flexibility index (Phi) is 3.52. The first-order valence-corrected chi connectivity index (χ1v) is 5.77. The number of aromatic amines is 1. The maximum atomic E-state index is 11.6. The lowest BCUT2D eigenvalue weighted by Crippen LogP contribution is -2.41. The molecular weight excluding hydrogens is 287 g/mol. The van der Waals surface area contributed by atoms with Crippen LogP contribution in [0.2, 0.25) is 0 Å². The second-order valence-corrected chi connectivity index (χ2v) is 5.29. The Morgan fingerprint density at radius 1 is 1.50 bits per heavy atom. The van der Waals surface area contributed by atoms with Crippen LogP contribution in [0.15, 0.2) is 21.9 Å². The monoisotopic (exact) mass is 296 g/mol. The first-order valence-electron chi connectivity index (χ1n) is 5.01. The topological polar surface area (TPSA) is 105 Å². The van der Waals surface area contributed by atoms with Gasteiger partial charge in [0.1, 0.15) is 12.2 Å². The molecule has 0 radical (unpaired) electrons. The predicted octanol–water partition coefficient (Wildman–Crippen LogP) is -1.04. The van der Waals surface area contributed by atoms with Crippen LogP contribution in [-0.2, 0) is 4.74 Å². The van der Waals surface area contributed by atoms with Gasteiger partial charge in [-0.05, 0) is 0 Å². The molecule has 7 nitrogen and oxygen atoms in total. The number of halogens is 2. The Bertz CT molecular complexity index is 554. The predicted molar refractivity (Wildman–Crippen MR) is 62.8 cm³/mol. The highest BCUT2D eigenvalue weighted by molar-refractivity contribution is 6.49. The number of hydrogen-bond acceptors (Lipinski definition) is 5. The summed E-state index contributed by atoms with van der Waals surface area (Å²) in [4.78, 5) is 24.5. The van der Waals surface area contributed by atoms with Crippen LogP contribution in [0.1, 0.15) is 6.23 Å². The molecule has 1 fully saturated rings. The van der Waals surface area contributed by atoms with Crippen molar-refractivity contribution in [3.63, 3.8) is 0 Å². The molecule has 0 aliphatic carbocycles. The lowest BCUT2D eigenvalue weighted by Gasteiger charge is -2.23. The lowest BCUT2D eigenvalue weighted by molar-refractivity contribution is -0.0462. The van der Waals surface area contributed by atoms with Crippen molar-refractivity contribution < 1.29 is 14.9 Å². The molecule has 0 bridgehead atoms. The number of alkyl halides is 2. The molecule has 1 aliphatic rings. The smallest absolute Gasteiger partial charge is 0.330 e. The van der Waals surface area contributed by atoms with Gasteiger partial charge in [0, 0.05) is 12.3 Å². The number of aliphatic hydroxyl groups is 2. The third-order valence-corrected chi connectivity index (χ3v) is 3.48. The second-order valence-electron chi connectivity index (χ2n) is 3.85. The van der Waals surface area contributed by atoms with Gasteiger partial charge in [-0.15, -0.1) is 0 Å². The van der Waals surface area contributed by atoms with Gasteiger partial charge in [0.2, 0.25) is 0 Å². The van der Waals surface area contributed by atoms with Gasteiger partial charge < -0.3 is 14.9 Å². The number of aromatic nitrogens is 2. The van der Waals surface area contributed by atoms with Gasteiger partial charge >= 0.3 is 5.69 Å². The minimum absolute atomic E-state index is 0.503. The molecule has 1 saturated heterocycles. The van der Waals surface area contributed by atoms with Gasteiger partial charge in [-0.25, -0.2) is 4.79 Å². The Morgan fingerprint density at radius 2 is 2.17 bits per heavy atom. The van der Waals surface area contributed by atoms with Crippen LogP contribution in [0, 0.1) is 0 Å². The molecule has 1 aliphatic heterocycles. The minimum Gasteiger partial charge on any atom is -0.394 e. The number of hydrogen-bond donors (Lipinski definition) is 3. The number of nitrogens with one attached hydrogen (secondary N) is 1. The van der Waals surface area contributed by atoms with Crippen LogP contribution in [-0.4, -0.2) is 42.9 Å². The molecule has 0 unspecified atom stereocenters. The fraction of sp³-hybridized carbons (Fsp3) is 0.556. The Hall–Kier alpha value is -0.860. The highest BCUT2D eigenvalue weighted by Gasteiger charge is 2.55. The van der Waals surface area contributed by atoms with E-state index in [4.69, 9.17) is 33.0 Å². The molecule has 3 atom stereocenters. The number of rotatable bonds is 2. The van der Waals surface area contributed by atoms with Crippen molar-refractivity contribution in [2.75, 3.05) is 6.61 Å². The summed E-state index contributed by atoms with van der Waals surface area (Å²) in [6, 6.07) is 1.09. The van der Waals surface area contributed by atoms with Crippen molar-refractivity contribution in [2.24, 2.45) is 0 Å². The van der Waals surface area contributed by atoms with Crippen molar-refractivity contribution in [2.45, 2.75) is 22.8 Å². The van der Waals surface area contributed by atoms with Gasteiger partial charge in [0.15, 0.2) is 10.6 Å². The summed E-state index contributed by atoms with van der Waals surface area (Å²) >= 11 is 11.9. The average molecular weight is 297 g/mol. The molecule has 0 amide bonds. The molecular formula is C9H10Cl2N2O5. The molecule has 1 aromatic heterocycles. The summed E-state index contributed by atoms with van der Waals surface area (Å²) in [5, 5.41) is 18.8. The van der Waals surface area contributed by atoms with Crippen molar-refractivity contribution >= 4 is 23.2 Å². The largest absolute Gasteiger partial charge is 0.394 e. The van der Waals surface area contributed by atoms with Crippen LogP contribution in [0.4, 0.5) is 0 Å². The standard InChI is InChI=1S/C9H10Cl2N2O5/c10-9(11)6(16)4(3-14)18-7(9)13-2-1-5(15)12-8(13)17/h1-2,4,6-7,14,16H,3H2,(H,12,15,17)/t4-,6+,7-/m1/s1. The molecule has 0 saturated carbocycles. The molecule has 0 aromatic carbocycles. The van der Waals surface area contributed by atoms with E-state index in [9.17, 15) is 14.7 Å². The summed E-state index contributed by atoms with van der Waals surface area (Å²) in [7, 11) is 0. The van der Waals surface area contributed by atoms with Gasteiger partial charge in [-0.2, -0.15) is 0 Å². The van der Waals surface area contributed by atoms with E-state index in [1.54, 1.807) is 0 Å². The van der Waals surface area contributed by atoms with Gasteiger partial charge in [-0.1, -0.05) is 23.2 Å². The fourth-order valence-electron chi connectivity index (χ4n) is 1.73. The first kappa shape index (κ1) is 13.6. The van der Waals surface area contributed by atoms with Crippen LogP contribution in [0.3, 0.4) is 0 Å². The quantitative estimate of drug-likeness (QED) is 0.605. The molecule has 9 heteroatoms. The zero-order chi connectivity index (χ0) is 13.5. The Balaban J connectivity index is 2.45. The maximum absolute atomic E-state index is 11.6. The van der Waals surface area contributed by atoms with Crippen LogP contribution < -0.4 is 11.2 Å². The van der Waals surface area contributed by atoms with E-state index in [-0.39, 0.29) is 0 Å². The van der Waals surface area contributed by atoms with Crippen molar-refractivity contribution in [1.82, 2.24) is 9.55 Å². The van der Waals surface area contributed by atoms with E-state index in [0.29, 0.717) is 0 Å². The fourth-order valence-corrected chi connectivity index (χ4v) is 2.32. The Labute approximate surface area is 111 Å². The third-order valence-electron chi connectivity index (χ3n) is 2.66. The molecule has 100 valence electrons. The molecule has 3 N–H and O–H groups in total. The summed E-state index contributed by atoms with van der Waals surface area (Å²) < 4.78 is 4.36. The van der Waals surface area contributed by atoms with Crippen molar-refractivity contribution in [1.29, 1.82) is 0 Å². The number of ether oxygens (including phenoxy) is 1. The zero-order valence-electron chi connectivity index (χ0n) is 8.92. The number of aliphatic hydroxyl groups excluding tert-OH is 2. The van der Waals surface area contributed by atoms with E-state index < -0.39 is 40.6 Å². The highest BCUT2D eigenvalue weighted by atomic mass is 35.5. The van der Waals surface area contributed by atoms with E-state index in [1.807, 2.05) is 4.98 Å². The molecule has 1 aromatic rings.